The highest BCUT2D eigenvalue weighted by Gasteiger charge is 2.15. The van der Waals surface area contributed by atoms with E-state index in [1.54, 1.807) is 6.07 Å². The van der Waals surface area contributed by atoms with Crippen molar-refractivity contribution in [2.24, 2.45) is 0 Å². The summed E-state index contributed by atoms with van der Waals surface area (Å²) in [5.41, 5.74) is 1.32. The van der Waals surface area contributed by atoms with E-state index in [-0.39, 0.29) is 11.9 Å². The van der Waals surface area contributed by atoms with Crippen molar-refractivity contribution < 1.29 is 14.2 Å². The Labute approximate surface area is 119 Å². The summed E-state index contributed by atoms with van der Waals surface area (Å²) >= 11 is 0. The molecule has 1 aromatic rings. The first-order valence-corrected chi connectivity index (χ1v) is 7.25. The third-order valence-corrected chi connectivity index (χ3v) is 3.46. The number of hydrogen-bond donors (Lipinski definition) is 2. The number of halogens is 1. The topological polar surface area (TPSA) is 44.7 Å². The van der Waals surface area contributed by atoms with Crippen LogP contribution in [0.15, 0.2) is 18.2 Å². The highest BCUT2D eigenvalue weighted by Crippen LogP contribution is 2.23. The van der Waals surface area contributed by atoms with Crippen LogP contribution in [0.25, 0.3) is 0 Å². The maximum absolute atomic E-state index is 14.1. The molecule has 112 valence electrons. The highest BCUT2D eigenvalue weighted by atomic mass is 19.1. The molecule has 1 aliphatic rings. The predicted octanol–water partition coefficient (Wildman–Crippen LogP) is 2.24. The van der Waals surface area contributed by atoms with Gasteiger partial charge < -0.3 is 20.1 Å². The molecule has 5 heteroatoms. The van der Waals surface area contributed by atoms with Gasteiger partial charge in [0.05, 0.1) is 25.0 Å². The number of anilines is 2. The van der Waals surface area contributed by atoms with Crippen LogP contribution in [0.1, 0.15) is 19.8 Å². The molecule has 0 bridgehead atoms. The SMILES string of the molecule is CCCC(O)CNc1ccc(N2CCOCC2)c(F)c1. The lowest BCUT2D eigenvalue weighted by Gasteiger charge is -2.29. The maximum atomic E-state index is 14.1. The van der Waals surface area contributed by atoms with Crippen molar-refractivity contribution in [3.05, 3.63) is 24.0 Å². The number of aliphatic hydroxyl groups excluding tert-OH is 1. The van der Waals surface area contributed by atoms with Crippen molar-refractivity contribution in [2.45, 2.75) is 25.9 Å². The molecule has 1 aromatic carbocycles. The molecule has 1 unspecified atom stereocenters. The van der Waals surface area contributed by atoms with Crippen LogP contribution >= 0.6 is 0 Å². The Kier molecular flexibility index (Phi) is 5.61. The van der Waals surface area contributed by atoms with Gasteiger partial charge in [-0.2, -0.15) is 0 Å². The van der Waals surface area contributed by atoms with E-state index < -0.39 is 0 Å². The van der Waals surface area contributed by atoms with Gasteiger partial charge in [-0.05, 0) is 24.6 Å². The number of nitrogens with zero attached hydrogens (tertiary/aromatic N) is 1. The third-order valence-electron chi connectivity index (χ3n) is 3.46. The summed E-state index contributed by atoms with van der Waals surface area (Å²) in [6.07, 6.45) is 1.30. The summed E-state index contributed by atoms with van der Waals surface area (Å²) in [5.74, 6) is -0.234. The van der Waals surface area contributed by atoms with E-state index in [0.29, 0.717) is 31.1 Å². The van der Waals surface area contributed by atoms with Crippen LogP contribution in [0.5, 0.6) is 0 Å². The number of nitrogens with one attached hydrogen (secondary N) is 1. The van der Waals surface area contributed by atoms with Gasteiger partial charge in [0.15, 0.2) is 0 Å². The fourth-order valence-electron chi connectivity index (χ4n) is 2.35. The van der Waals surface area contributed by atoms with E-state index in [4.69, 9.17) is 4.74 Å². The van der Waals surface area contributed by atoms with E-state index in [1.165, 1.54) is 6.07 Å². The fraction of sp³-hybridized carbons (Fsp3) is 0.600. The quantitative estimate of drug-likeness (QED) is 0.840. The molecule has 0 radical (unpaired) electrons. The standard InChI is InChI=1S/C15H23FN2O2/c1-2-3-13(19)11-17-12-4-5-15(14(16)10-12)18-6-8-20-9-7-18/h4-5,10,13,17,19H,2-3,6-9,11H2,1H3. The van der Waals surface area contributed by atoms with E-state index in [2.05, 4.69) is 5.32 Å². The molecule has 1 heterocycles. The lowest BCUT2D eigenvalue weighted by Crippen LogP contribution is -2.36. The molecule has 2 N–H and O–H groups in total. The molecule has 1 atom stereocenters. The lowest BCUT2D eigenvalue weighted by atomic mass is 10.2. The Morgan fingerprint density at radius 2 is 2.15 bits per heavy atom. The van der Waals surface area contributed by atoms with Gasteiger partial charge in [0, 0.05) is 25.3 Å². The lowest BCUT2D eigenvalue weighted by molar-refractivity contribution is 0.122. The van der Waals surface area contributed by atoms with E-state index >= 15 is 0 Å². The molecule has 2 rings (SSSR count). The van der Waals surface area contributed by atoms with Gasteiger partial charge in [-0.15, -0.1) is 0 Å². The van der Waals surface area contributed by atoms with Crippen LogP contribution in [-0.4, -0.2) is 44.1 Å². The Bertz CT molecular complexity index is 422. The Hall–Kier alpha value is -1.33. The first kappa shape index (κ1) is 15.1. The first-order valence-electron chi connectivity index (χ1n) is 7.25. The van der Waals surface area contributed by atoms with Crippen molar-refractivity contribution in [1.82, 2.24) is 0 Å². The molecular formula is C15H23FN2O2. The van der Waals surface area contributed by atoms with Crippen LogP contribution in [0.4, 0.5) is 15.8 Å². The van der Waals surface area contributed by atoms with Crippen LogP contribution in [-0.2, 0) is 4.74 Å². The molecular weight excluding hydrogens is 259 g/mol. The van der Waals surface area contributed by atoms with Gasteiger partial charge in [0.25, 0.3) is 0 Å². The number of benzene rings is 1. The van der Waals surface area contributed by atoms with E-state index in [9.17, 15) is 9.50 Å². The van der Waals surface area contributed by atoms with Crippen molar-refractivity contribution in [1.29, 1.82) is 0 Å². The molecule has 1 aliphatic heterocycles. The van der Waals surface area contributed by atoms with Crippen LogP contribution < -0.4 is 10.2 Å². The fourth-order valence-corrected chi connectivity index (χ4v) is 2.35. The van der Waals surface area contributed by atoms with E-state index in [0.717, 1.165) is 25.9 Å². The number of hydrogen-bond acceptors (Lipinski definition) is 4. The second-order valence-corrected chi connectivity index (χ2v) is 5.09. The molecule has 0 spiro atoms. The number of aliphatic hydroxyl groups is 1. The average Bonchev–Trinajstić information content (AvgIpc) is 2.46. The van der Waals surface area contributed by atoms with Crippen molar-refractivity contribution in [3.63, 3.8) is 0 Å². The molecule has 4 nitrogen and oxygen atoms in total. The Morgan fingerprint density at radius 1 is 1.40 bits per heavy atom. The van der Waals surface area contributed by atoms with Gasteiger partial charge in [-0.1, -0.05) is 13.3 Å². The van der Waals surface area contributed by atoms with Gasteiger partial charge in [-0.25, -0.2) is 4.39 Å². The Balaban J connectivity index is 1.94. The predicted molar refractivity (Wildman–Crippen MR) is 78.8 cm³/mol. The normalized spacial score (nSPS) is 17.1. The third kappa shape index (κ3) is 4.08. The average molecular weight is 282 g/mol. The van der Waals surface area contributed by atoms with Crippen LogP contribution in [0, 0.1) is 5.82 Å². The molecule has 0 amide bonds. The minimum atomic E-state index is -0.387. The van der Waals surface area contributed by atoms with Crippen LogP contribution in [0.3, 0.4) is 0 Å². The summed E-state index contributed by atoms with van der Waals surface area (Å²) < 4.78 is 19.4. The molecule has 1 fully saturated rings. The minimum Gasteiger partial charge on any atom is -0.391 e. The van der Waals surface area contributed by atoms with Crippen molar-refractivity contribution in [2.75, 3.05) is 43.1 Å². The largest absolute Gasteiger partial charge is 0.391 e. The number of ether oxygens (including phenoxy) is 1. The molecule has 0 aliphatic carbocycles. The number of rotatable bonds is 6. The van der Waals surface area contributed by atoms with Crippen molar-refractivity contribution >= 4 is 11.4 Å². The second kappa shape index (κ2) is 7.45. The minimum absolute atomic E-state index is 0.234. The molecule has 1 saturated heterocycles. The van der Waals surface area contributed by atoms with Gasteiger partial charge >= 0.3 is 0 Å². The van der Waals surface area contributed by atoms with Crippen molar-refractivity contribution in [3.8, 4) is 0 Å². The molecule has 20 heavy (non-hydrogen) atoms. The monoisotopic (exact) mass is 282 g/mol. The molecule has 0 saturated carbocycles. The summed E-state index contributed by atoms with van der Waals surface area (Å²) in [6.45, 7) is 5.20. The number of morpholine rings is 1. The highest BCUT2D eigenvalue weighted by molar-refractivity contribution is 5.56. The van der Waals surface area contributed by atoms with Gasteiger partial charge in [-0.3, -0.25) is 0 Å². The second-order valence-electron chi connectivity index (χ2n) is 5.09. The summed E-state index contributed by atoms with van der Waals surface area (Å²) in [5, 5.41) is 12.7. The van der Waals surface area contributed by atoms with Gasteiger partial charge in [0.2, 0.25) is 0 Å². The maximum Gasteiger partial charge on any atom is 0.148 e. The van der Waals surface area contributed by atoms with Crippen LogP contribution in [0.2, 0.25) is 0 Å². The van der Waals surface area contributed by atoms with E-state index in [1.807, 2.05) is 17.9 Å². The first-order chi connectivity index (χ1) is 9.70. The smallest absolute Gasteiger partial charge is 0.148 e. The zero-order valence-electron chi connectivity index (χ0n) is 11.9. The summed E-state index contributed by atoms with van der Waals surface area (Å²) in [4.78, 5) is 1.99. The van der Waals surface area contributed by atoms with Gasteiger partial charge in [0.1, 0.15) is 5.82 Å². The summed E-state index contributed by atoms with van der Waals surface area (Å²) in [6, 6.07) is 5.13. The zero-order chi connectivity index (χ0) is 14.4. The zero-order valence-corrected chi connectivity index (χ0v) is 11.9. The Morgan fingerprint density at radius 3 is 2.80 bits per heavy atom. The summed E-state index contributed by atoms with van der Waals surface area (Å²) in [7, 11) is 0. The molecule has 0 aromatic heterocycles.